The van der Waals surface area contributed by atoms with Gasteiger partial charge in [-0.2, -0.15) is 0 Å². The molecule has 4 unspecified atom stereocenters. The summed E-state index contributed by atoms with van der Waals surface area (Å²) in [5.74, 6) is -1.98. The van der Waals surface area contributed by atoms with Crippen LogP contribution < -0.4 is 4.90 Å². The first-order valence-electron chi connectivity index (χ1n) is 14.6. The molecular formula is C35H27N3O7. The smallest absolute Gasteiger partial charge is 0.339 e. The van der Waals surface area contributed by atoms with Crippen molar-refractivity contribution in [1.82, 2.24) is 4.98 Å². The Kier molecular flexibility index (Phi) is 6.65. The Hall–Kier alpha value is -5.51. The van der Waals surface area contributed by atoms with Gasteiger partial charge in [0.1, 0.15) is 0 Å². The summed E-state index contributed by atoms with van der Waals surface area (Å²) in [6.07, 6.45) is 3.01. The summed E-state index contributed by atoms with van der Waals surface area (Å²) in [6, 6.07) is 19.6. The van der Waals surface area contributed by atoms with E-state index in [0.717, 1.165) is 6.42 Å². The van der Waals surface area contributed by atoms with Gasteiger partial charge in [0.2, 0.25) is 17.6 Å². The number of nitro benzene ring substituents is 1. The second-order valence-corrected chi connectivity index (χ2v) is 11.9. The van der Waals surface area contributed by atoms with E-state index in [1.807, 2.05) is 6.92 Å². The van der Waals surface area contributed by atoms with Gasteiger partial charge in [0, 0.05) is 28.1 Å². The summed E-state index contributed by atoms with van der Waals surface area (Å²) in [5, 5.41) is 11.8. The van der Waals surface area contributed by atoms with E-state index in [-0.39, 0.29) is 52.3 Å². The Morgan fingerprint density at radius 2 is 1.71 bits per heavy atom. The van der Waals surface area contributed by atoms with Gasteiger partial charge in [-0.1, -0.05) is 54.1 Å². The fourth-order valence-electron chi connectivity index (χ4n) is 7.07. The van der Waals surface area contributed by atoms with Crippen LogP contribution in [-0.2, 0) is 14.3 Å². The average molecular weight is 602 g/mol. The molecule has 2 bridgehead atoms. The molecule has 4 aromatic rings. The third-order valence-electron chi connectivity index (χ3n) is 9.30. The highest BCUT2D eigenvalue weighted by Gasteiger charge is 2.60. The van der Waals surface area contributed by atoms with Crippen molar-refractivity contribution < 1.29 is 28.8 Å². The first-order valence-corrected chi connectivity index (χ1v) is 14.6. The number of amides is 2. The van der Waals surface area contributed by atoms with E-state index in [4.69, 9.17) is 9.72 Å². The lowest BCUT2D eigenvalue weighted by Crippen LogP contribution is -2.32. The molecule has 0 spiro atoms. The van der Waals surface area contributed by atoms with Gasteiger partial charge in [-0.25, -0.2) is 9.78 Å². The van der Waals surface area contributed by atoms with Crippen molar-refractivity contribution in [3.8, 4) is 11.3 Å². The van der Waals surface area contributed by atoms with Crippen molar-refractivity contribution in [2.45, 2.75) is 20.3 Å². The van der Waals surface area contributed by atoms with Gasteiger partial charge in [0.15, 0.2) is 6.61 Å². The van der Waals surface area contributed by atoms with Crippen LogP contribution in [-0.4, -0.2) is 40.1 Å². The van der Waals surface area contributed by atoms with Crippen LogP contribution in [0.3, 0.4) is 0 Å². The lowest BCUT2D eigenvalue weighted by Gasteiger charge is -2.19. The Labute approximate surface area is 257 Å². The number of benzene rings is 3. The normalized spacial score (nSPS) is 21.6. The molecule has 7 rings (SSSR count). The number of nitro groups is 1. The second-order valence-electron chi connectivity index (χ2n) is 11.9. The third-order valence-corrected chi connectivity index (χ3v) is 9.30. The molecule has 3 aromatic carbocycles. The molecule has 0 N–H and O–H groups in total. The van der Waals surface area contributed by atoms with E-state index >= 15 is 0 Å². The number of aromatic nitrogens is 1. The first kappa shape index (κ1) is 28.3. The molecule has 2 amide bonds. The number of imide groups is 1. The number of para-hydroxylation sites is 1. The van der Waals surface area contributed by atoms with E-state index in [9.17, 15) is 29.3 Å². The number of pyridine rings is 1. The molecule has 3 aliphatic rings. The number of fused-ring (bicyclic) bond motifs is 6. The molecule has 2 heterocycles. The minimum Gasteiger partial charge on any atom is -0.454 e. The highest BCUT2D eigenvalue weighted by Crippen LogP contribution is 2.56. The van der Waals surface area contributed by atoms with Crippen LogP contribution in [0.4, 0.5) is 11.4 Å². The number of aryl methyl sites for hydroxylation is 1. The molecule has 2 fully saturated rings. The van der Waals surface area contributed by atoms with Crippen LogP contribution in [0.25, 0.3) is 22.2 Å². The Balaban J connectivity index is 1.13. The molecule has 10 heteroatoms. The van der Waals surface area contributed by atoms with Crippen LogP contribution in [0, 0.1) is 40.7 Å². The number of anilines is 1. The highest BCUT2D eigenvalue weighted by molar-refractivity contribution is 6.23. The van der Waals surface area contributed by atoms with Gasteiger partial charge in [-0.15, -0.1) is 0 Å². The van der Waals surface area contributed by atoms with Crippen LogP contribution in [0.2, 0.25) is 0 Å². The van der Waals surface area contributed by atoms with Crippen molar-refractivity contribution in [3.05, 3.63) is 111 Å². The maximum absolute atomic E-state index is 13.4. The quantitative estimate of drug-likeness (QED) is 0.0642. The topological polar surface area (TPSA) is 137 Å². The lowest BCUT2D eigenvalue weighted by atomic mass is 9.82. The van der Waals surface area contributed by atoms with E-state index in [1.54, 1.807) is 61.5 Å². The first-order chi connectivity index (χ1) is 21.6. The highest BCUT2D eigenvalue weighted by atomic mass is 16.6. The summed E-state index contributed by atoms with van der Waals surface area (Å²) in [7, 11) is 0. The standard InChI is InChI=1S/C35H27N3O7/c1-18-7-8-21(15-29(18)38(43)44)30(39)17-45-35(42)26-16-28(36-27-6-4-3-5-24(26)27)20-9-11-23(12-10-20)37-33(40)31-22-13-19(2)25(14-22)32(31)34(37)41/h3-13,15-16,22,25,31-32H,14,17H2,1-2H3. The number of hydrogen-bond acceptors (Lipinski definition) is 8. The Bertz CT molecular complexity index is 2000. The van der Waals surface area contributed by atoms with E-state index in [1.165, 1.54) is 28.7 Å². The maximum Gasteiger partial charge on any atom is 0.339 e. The van der Waals surface area contributed by atoms with E-state index in [0.29, 0.717) is 33.4 Å². The predicted molar refractivity (Wildman–Crippen MR) is 164 cm³/mol. The SMILES string of the molecule is CC1=CC2CC1C1C(=O)N(c3ccc(-c4cc(C(=O)OCC(=O)c5ccc(C)c([N+](=O)[O-])c5)c5ccccc5n4)cc3)C(=O)C21. The number of carbonyl (C=O) groups excluding carboxylic acids is 4. The number of Topliss-reactive ketones (excluding diaryl/α,β-unsaturated/α-hetero) is 1. The molecule has 45 heavy (non-hydrogen) atoms. The largest absolute Gasteiger partial charge is 0.454 e. The van der Waals surface area contributed by atoms with Crippen LogP contribution in [0.1, 0.15) is 39.6 Å². The van der Waals surface area contributed by atoms with Gasteiger partial charge in [-0.05, 0) is 56.4 Å². The molecule has 224 valence electrons. The van der Waals surface area contributed by atoms with Crippen molar-refractivity contribution >= 4 is 45.8 Å². The molecule has 10 nitrogen and oxygen atoms in total. The number of allylic oxidation sites excluding steroid dienone is 2. The summed E-state index contributed by atoms with van der Waals surface area (Å²) in [6.45, 7) is 3.01. The van der Waals surface area contributed by atoms with Crippen LogP contribution in [0.15, 0.2) is 84.4 Å². The average Bonchev–Trinajstić information content (AvgIpc) is 3.68. The van der Waals surface area contributed by atoms with Gasteiger partial charge in [0.25, 0.3) is 5.69 Å². The molecule has 0 radical (unpaired) electrons. The minimum absolute atomic E-state index is 0.0677. The number of carbonyl (C=O) groups is 4. The lowest BCUT2D eigenvalue weighted by molar-refractivity contribution is -0.385. The van der Waals surface area contributed by atoms with Gasteiger partial charge < -0.3 is 4.74 Å². The second kappa shape index (κ2) is 10.6. The number of hydrogen-bond donors (Lipinski definition) is 0. The maximum atomic E-state index is 13.4. The van der Waals surface area contributed by atoms with E-state index in [2.05, 4.69) is 6.08 Å². The number of ether oxygens (including phenoxy) is 1. The number of ketones is 1. The number of rotatable bonds is 7. The van der Waals surface area contributed by atoms with E-state index < -0.39 is 23.3 Å². The zero-order valence-corrected chi connectivity index (χ0v) is 24.4. The minimum atomic E-state index is -0.750. The van der Waals surface area contributed by atoms with Gasteiger partial charge in [-0.3, -0.25) is 29.4 Å². The molecule has 4 atom stereocenters. The van der Waals surface area contributed by atoms with Crippen LogP contribution >= 0.6 is 0 Å². The zero-order chi connectivity index (χ0) is 31.6. The summed E-state index contributed by atoms with van der Waals surface area (Å²) < 4.78 is 5.38. The van der Waals surface area contributed by atoms with Gasteiger partial charge in [0.05, 0.1) is 39.2 Å². The molecule has 1 aliphatic heterocycles. The molecule has 1 saturated carbocycles. The van der Waals surface area contributed by atoms with Crippen molar-refractivity contribution in [2.75, 3.05) is 11.5 Å². The van der Waals surface area contributed by atoms with Gasteiger partial charge >= 0.3 is 5.97 Å². The third kappa shape index (κ3) is 4.61. The van der Waals surface area contributed by atoms with Crippen molar-refractivity contribution in [3.63, 3.8) is 0 Å². The van der Waals surface area contributed by atoms with Crippen LogP contribution in [0.5, 0.6) is 0 Å². The number of esters is 1. The monoisotopic (exact) mass is 601 g/mol. The fraction of sp³-hybridized carbons (Fsp3) is 0.229. The molecule has 2 aliphatic carbocycles. The summed E-state index contributed by atoms with van der Waals surface area (Å²) in [5.41, 5.74) is 3.82. The molecule has 1 aromatic heterocycles. The fourth-order valence-corrected chi connectivity index (χ4v) is 7.07. The molecular weight excluding hydrogens is 574 g/mol. The summed E-state index contributed by atoms with van der Waals surface area (Å²) >= 11 is 0. The van der Waals surface area contributed by atoms with Crippen molar-refractivity contribution in [1.29, 1.82) is 0 Å². The zero-order valence-electron chi connectivity index (χ0n) is 24.4. The van der Waals surface area contributed by atoms with Crippen molar-refractivity contribution in [2.24, 2.45) is 23.7 Å². The molecule has 1 saturated heterocycles. The Morgan fingerprint density at radius 1 is 0.978 bits per heavy atom. The number of nitrogens with zero attached hydrogens (tertiary/aromatic N) is 3. The Morgan fingerprint density at radius 3 is 2.47 bits per heavy atom. The summed E-state index contributed by atoms with van der Waals surface area (Å²) in [4.78, 5) is 69.5. The predicted octanol–water partition coefficient (Wildman–Crippen LogP) is 5.86.